The Morgan fingerprint density at radius 1 is 1.39 bits per heavy atom. The Morgan fingerprint density at radius 3 is 2.56 bits per heavy atom. The number of hydrogen-bond donors (Lipinski definition) is 3. The molecule has 0 saturated heterocycles. The molecule has 0 spiro atoms. The van der Waals surface area contributed by atoms with E-state index in [1.54, 1.807) is 24.3 Å². The van der Waals surface area contributed by atoms with Crippen molar-refractivity contribution >= 4 is 5.91 Å². The van der Waals surface area contributed by atoms with E-state index in [-0.39, 0.29) is 18.6 Å². The highest BCUT2D eigenvalue weighted by atomic mass is 16.6. The lowest BCUT2D eigenvalue weighted by atomic mass is 10.1. The summed E-state index contributed by atoms with van der Waals surface area (Å²) < 4.78 is 5.22. The van der Waals surface area contributed by atoms with Gasteiger partial charge in [-0.2, -0.15) is 0 Å². The second-order valence-corrected chi connectivity index (χ2v) is 4.04. The number of ether oxygens (including phenoxy) is 1. The van der Waals surface area contributed by atoms with Gasteiger partial charge in [0.25, 0.3) is 0 Å². The highest BCUT2D eigenvalue weighted by Gasteiger charge is 2.23. The zero-order valence-electron chi connectivity index (χ0n) is 10.2. The van der Waals surface area contributed by atoms with Gasteiger partial charge in [-0.05, 0) is 19.1 Å². The van der Waals surface area contributed by atoms with Crippen molar-refractivity contribution in [1.82, 2.24) is 0 Å². The first-order valence-corrected chi connectivity index (χ1v) is 5.50. The summed E-state index contributed by atoms with van der Waals surface area (Å²) in [6.07, 6.45) is 1.24. The predicted molar refractivity (Wildman–Crippen MR) is 66.7 cm³/mol. The van der Waals surface area contributed by atoms with Crippen LogP contribution in [0.2, 0.25) is 0 Å². The molecule has 1 amide bonds. The standard InChI is InChI=1S/C13H17NO4/c1-10(12(14)15)7-8-13(16,17)9-18-11-5-3-2-4-6-11/h2-7,16-17H,8-9H2,1H3,(H2,14,15). The Balaban J connectivity index is 2.50. The van der Waals surface area contributed by atoms with Crippen molar-refractivity contribution in [2.24, 2.45) is 5.73 Å². The minimum absolute atomic E-state index is 0.130. The Labute approximate surface area is 105 Å². The summed E-state index contributed by atoms with van der Waals surface area (Å²) in [4.78, 5) is 10.8. The van der Waals surface area contributed by atoms with Crippen LogP contribution in [-0.4, -0.2) is 28.5 Å². The molecule has 0 heterocycles. The van der Waals surface area contributed by atoms with E-state index in [0.29, 0.717) is 5.75 Å². The highest BCUT2D eigenvalue weighted by molar-refractivity contribution is 5.91. The van der Waals surface area contributed by atoms with Gasteiger partial charge in [0.2, 0.25) is 11.7 Å². The van der Waals surface area contributed by atoms with Crippen molar-refractivity contribution in [3.05, 3.63) is 42.0 Å². The zero-order valence-corrected chi connectivity index (χ0v) is 10.2. The van der Waals surface area contributed by atoms with E-state index in [0.717, 1.165) is 0 Å². The van der Waals surface area contributed by atoms with Gasteiger partial charge in [-0.3, -0.25) is 4.79 Å². The smallest absolute Gasteiger partial charge is 0.244 e. The maximum Gasteiger partial charge on any atom is 0.244 e. The van der Waals surface area contributed by atoms with Gasteiger partial charge in [0.1, 0.15) is 12.4 Å². The molecule has 0 radical (unpaired) electrons. The number of rotatable bonds is 6. The van der Waals surface area contributed by atoms with E-state index >= 15 is 0 Å². The molecule has 0 unspecified atom stereocenters. The fourth-order valence-corrected chi connectivity index (χ4v) is 1.19. The van der Waals surface area contributed by atoms with Gasteiger partial charge in [-0.1, -0.05) is 24.3 Å². The van der Waals surface area contributed by atoms with Crippen LogP contribution in [-0.2, 0) is 4.79 Å². The van der Waals surface area contributed by atoms with Crippen LogP contribution in [0.3, 0.4) is 0 Å². The van der Waals surface area contributed by atoms with E-state index in [1.807, 2.05) is 6.07 Å². The highest BCUT2D eigenvalue weighted by Crippen LogP contribution is 2.14. The van der Waals surface area contributed by atoms with Crippen LogP contribution in [0.25, 0.3) is 0 Å². The van der Waals surface area contributed by atoms with Crippen LogP contribution in [0.1, 0.15) is 13.3 Å². The molecule has 1 aromatic carbocycles. The molecule has 5 nitrogen and oxygen atoms in total. The Bertz CT molecular complexity index is 426. The Kier molecular flexibility index (Phi) is 4.88. The molecule has 18 heavy (non-hydrogen) atoms. The maximum absolute atomic E-state index is 10.8. The van der Waals surface area contributed by atoms with Crippen LogP contribution in [0.4, 0.5) is 0 Å². The molecule has 5 heteroatoms. The number of hydrogen-bond acceptors (Lipinski definition) is 4. The fraction of sp³-hybridized carbons (Fsp3) is 0.308. The SMILES string of the molecule is CC(=CCC(O)(O)COc1ccccc1)C(N)=O. The molecule has 4 N–H and O–H groups in total. The second-order valence-electron chi connectivity index (χ2n) is 4.04. The number of carbonyl (C=O) groups excluding carboxylic acids is 1. The molecule has 0 atom stereocenters. The lowest BCUT2D eigenvalue weighted by Crippen LogP contribution is -2.35. The molecule has 98 valence electrons. The monoisotopic (exact) mass is 251 g/mol. The number of nitrogens with two attached hydrogens (primary N) is 1. The predicted octanol–water partition coefficient (Wildman–Crippen LogP) is 0.568. The fourth-order valence-electron chi connectivity index (χ4n) is 1.19. The third-order valence-corrected chi connectivity index (χ3v) is 2.34. The molecule has 0 aliphatic heterocycles. The summed E-state index contributed by atoms with van der Waals surface area (Å²) in [5.74, 6) is -2.08. The maximum atomic E-state index is 10.8. The van der Waals surface area contributed by atoms with Crippen LogP contribution in [0.5, 0.6) is 5.75 Å². The van der Waals surface area contributed by atoms with E-state index in [1.165, 1.54) is 13.0 Å². The summed E-state index contributed by atoms with van der Waals surface area (Å²) in [7, 11) is 0. The van der Waals surface area contributed by atoms with Crippen molar-refractivity contribution in [3.63, 3.8) is 0 Å². The van der Waals surface area contributed by atoms with Gasteiger partial charge >= 0.3 is 0 Å². The molecule has 0 bridgehead atoms. The topological polar surface area (TPSA) is 92.8 Å². The summed E-state index contributed by atoms with van der Waals surface area (Å²) in [5, 5.41) is 19.3. The first kappa shape index (κ1) is 14.2. The zero-order chi connectivity index (χ0) is 13.6. The Morgan fingerprint density at radius 2 is 2.00 bits per heavy atom. The largest absolute Gasteiger partial charge is 0.488 e. The van der Waals surface area contributed by atoms with E-state index in [4.69, 9.17) is 10.5 Å². The Hall–Kier alpha value is -1.85. The number of aliphatic hydroxyl groups is 2. The van der Waals surface area contributed by atoms with Crippen molar-refractivity contribution in [2.45, 2.75) is 19.1 Å². The average molecular weight is 251 g/mol. The summed E-state index contributed by atoms with van der Waals surface area (Å²) in [6, 6.07) is 8.81. The lowest BCUT2D eigenvalue weighted by molar-refractivity contribution is -0.177. The summed E-state index contributed by atoms with van der Waals surface area (Å²) >= 11 is 0. The third-order valence-electron chi connectivity index (χ3n) is 2.34. The van der Waals surface area contributed by atoms with Gasteiger partial charge in [-0.15, -0.1) is 0 Å². The third kappa shape index (κ3) is 4.99. The lowest BCUT2D eigenvalue weighted by Gasteiger charge is -2.20. The summed E-state index contributed by atoms with van der Waals surface area (Å²) in [5.41, 5.74) is 5.31. The first-order valence-electron chi connectivity index (χ1n) is 5.50. The molecule has 0 fully saturated rings. The average Bonchev–Trinajstić information content (AvgIpc) is 2.35. The van der Waals surface area contributed by atoms with Crippen LogP contribution in [0, 0.1) is 0 Å². The molecule has 0 aliphatic rings. The van der Waals surface area contributed by atoms with Gasteiger partial charge in [0.15, 0.2) is 0 Å². The molecule has 1 aromatic rings. The first-order chi connectivity index (χ1) is 8.41. The normalized spacial score (nSPS) is 12.3. The van der Waals surface area contributed by atoms with Crippen LogP contribution in [0.15, 0.2) is 42.0 Å². The van der Waals surface area contributed by atoms with Crippen molar-refractivity contribution < 1.29 is 19.7 Å². The summed E-state index contributed by atoms with van der Waals surface area (Å²) in [6.45, 7) is 1.22. The van der Waals surface area contributed by atoms with Gasteiger partial charge < -0.3 is 20.7 Å². The quantitative estimate of drug-likeness (QED) is 0.509. The molecular weight excluding hydrogens is 234 g/mol. The molecule has 0 aromatic heterocycles. The van der Waals surface area contributed by atoms with Crippen LogP contribution >= 0.6 is 0 Å². The van der Waals surface area contributed by atoms with Crippen molar-refractivity contribution in [3.8, 4) is 5.75 Å². The number of para-hydroxylation sites is 1. The minimum Gasteiger partial charge on any atom is -0.488 e. The molecule has 0 aliphatic carbocycles. The van der Waals surface area contributed by atoms with Gasteiger partial charge in [0, 0.05) is 12.0 Å². The number of benzene rings is 1. The van der Waals surface area contributed by atoms with Gasteiger partial charge in [-0.25, -0.2) is 0 Å². The van der Waals surface area contributed by atoms with Gasteiger partial charge in [0.05, 0.1) is 0 Å². The second kappa shape index (κ2) is 6.18. The number of primary amides is 1. The van der Waals surface area contributed by atoms with Crippen LogP contribution < -0.4 is 10.5 Å². The minimum atomic E-state index is -2.04. The van der Waals surface area contributed by atoms with Crippen molar-refractivity contribution in [1.29, 1.82) is 0 Å². The van der Waals surface area contributed by atoms with E-state index in [2.05, 4.69) is 0 Å². The number of amides is 1. The molecular formula is C13H17NO4. The van der Waals surface area contributed by atoms with E-state index in [9.17, 15) is 15.0 Å². The number of carbonyl (C=O) groups is 1. The van der Waals surface area contributed by atoms with Crippen molar-refractivity contribution in [2.75, 3.05) is 6.61 Å². The molecule has 1 rings (SSSR count). The van der Waals surface area contributed by atoms with E-state index < -0.39 is 11.7 Å². The molecule has 0 saturated carbocycles.